The van der Waals surface area contributed by atoms with Gasteiger partial charge in [-0.15, -0.1) is 0 Å². The number of amides is 1. The molecule has 2 aliphatic heterocycles. The number of nitrogens with zero attached hydrogens (tertiary/aromatic N) is 6. The molecule has 12 heteroatoms. The van der Waals surface area contributed by atoms with Crippen LogP contribution in [0.4, 0.5) is 36.3 Å². The van der Waals surface area contributed by atoms with E-state index in [0.717, 1.165) is 12.8 Å². The van der Waals surface area contributed by atoms with Crippen molar-refractivity contribution in [2.75, 3.05) is 34.8 Å². The molecule has 0 spiro atoms. The summed E-state index contributed by atoms with van der Waals surface area (Å²) < 4.78 is 40.9. The zero-order valence-electron chi connectivity index (χ0n) is 19.2. The first-order valence-corrected chi connectivity index (χ1v) is 11.6. The number of piperidine rings is 1. The molecule has 2 N–H and O–H groups in total. The summed E-state index contributed by atoms with van der Waals surface area (Å²) in [7, 11) is 1.69. The third kappa shape index (κ3) is 3.97. The van der Waals surface area contributed by atoms with Gasteiger partial charge in [0, 0.05) is 63.5 Å². The van der Waals surface area contributed by atoms with Crippen LogP contribution in [0.1, 0.15) is 32.1 Å². The zero-order valence-corrected chi connectivity index (χ0v) is 19.2. The fraction of sp³-hybridized carbons (Fsp3) is 0.565. The first-order valence-electron chi connectivity index (χ1n) is 11.6. The molecule has 3 aliphatic rings. The van der Waals surface area contributed by atoms with E-state index in [9.17, 15) is 28.3 Å². The number of aliphatic hydroxyl groups is 1. The topological polar surface area (TPSA) is 110 Å². The molecule has 9 nitrogen and oxygen atoms in total. The Kier molecular flexibility index (Phi) is 5.43. The molecule has 0 unspecified atom stereocenters. The van der Waals surface area contributed by atoms with E-state index in [2.05, 4.69) is 21.5 Å². The molecule has 1 aliphatic carbocycles. The van der Waals surface area contributed by atoms with Gasteiger partial charge in [-0.3, -0.25) is 9.48 Å². The Labute approximate surface area is 200 Å². The van der Waals surface area contributed by atoms with Crippen LogP contribution < -0.4 is 15.1 Å². The average molecular weight is 490 g/mol. The van der Waals surface area contributed by atoms with Crippen molar-refractivity contribution in [2.24, 2.45) is 18.4 Å². The Balaban J connectivity index is 1.29. The molecule has 3 fully saturated rings. The highest BCUT2D eigenvalue weighted by Gasteiger charge is 2.57. The number of carbonyl (C=O) groups is 1. The first kappa shape index (κ1) is 23.4. The van der Waals surface area contributed by atoms with Gasteiger partial charge in [0.1, 0.15) is 17.1 Å². The number of aromatic nitrogens is 3. The predicted octanol–water partition coefficient (Wildman–Crippen LogP) is 3.11. The number of nitriles is 1. The molecule has 1 atom stereocenters. The van der Waals surface area contributed by atoms with Gasteiger partial charge in [-0.2, -0.15) is 23.5 Å². The minimum atomic E-state index is -4.66. The Morgan fingerprint density at radius 3 is 2.51 bits per heavy atom. The quantitative estimate of drug-likeness (QED) is 0.664. The average Bonchev–Trinajstić information content (AvgIpc) is 3.53. The second-order valence-corrected chi connectivity index (χ2v) is 9.62. The molecule has 1 amide bonds. The molecule has 4 heterocycles. The second kappa shape index (κ2) is 8.12. The van der Waals surface area contributed by atoms with Crippen LogP contribution in [0.15, 0.2) is 24.4 Å². The van der Waals surface area contributed by atoms with Crippen molar-refractivity contribution in [3.63, 3.8) is 0 Å². The minimum absolute atomic E-state index is 0.0431. The number of hydrogen-bond donors (Lipinski definition) is 2. The van der Waals surface area contributed by atoms with Gasteiger partial charge in [0.15, 0.2) is 11.4 Å². The summed E-state index contributed by atoms with van der Waals surface area (Å²) in [4.78, 5) is 20.8. The lowest BCUT2D eigenvalue weighted by molar-refractivity contribution is -0.266. The summed E-state index contributed by atoms with van der Waals surface area (Å²) in [5.41, 5.74) is -2.95. The maximum absolute atomic E-state index is 13.1. The van der Waals surface area contributed by atoms with Gasteiger partial charge in [0.25, 0.3) is 0 Å². The molecule has 0 radical (unpaired) electrons. The Hall–Kier alpha value is -3.33. The number of alkyl halides is 3. The third-order valence-corrected chi connectivity index (χ3v) is 7.44. The lowest BCUT2D eigenvalue weighted by Crippen LogP contribution is -2.53. The van der Waals surface area contributed by atoms with Gasteiger partial charge in [-0.25, -0.2) is 4.98 Å². The van der Waals surface area contributed by atoms with E-state index in [1.54, 1.807) is 45.9 Å². The number of aryl methyl sites for hydroxylation is 1. The van der Waals surface area contributed by atoms with E-state index in [1.165, 1.54) is 0 Å². The lowest BCUT2D eigenvalue weighted by atomic mass is 9.83. The van der Waals surface area contributed by atoms with Gasteiger partial charge >= 0.3 is 6.18 Å². The molecule has 1 saturated carbocycles. The van der Waals surface area contributed by atoms with Crippen molar-refractivity contribution in [1.29, 1.82) is 5.26 Å². The van der Waals surface area contributed by atoms with Gasteiger partial charge in [0.05, 0.1) is 6.07 Å². The summed E-state index contributed by atoms with van der Waals surface area (Å²) in [5, 5.41) is 27.1. The standard InChI is InChI=1S/C23H26F3N7O2/c1-31-19(32-9-6-22(35,7-10-32)23(24,25)26)13-18(30-31)29-17-12-16(4-8-28-17)33-11-5-21(14-27,20(33)34)15-2-3-15/h4,8,12-13,15,35H,2-3,5-7,9-11H2,1H3,(H,28,29,30)/t21-/m1/s1. The first-order chi connectivity index (χ1) is 16.6. The maximum Gasteiger partial charge on any atom is 0.417 e. The highest BCUT2D eigenvalue weighted by molar-refractivity contribution is 6.02. The van der Waals surface area contributed by atoms with Crippen molar-refractivity contribution in [2.45, 2.75) is 43.9 Å². The van der Waals surface area contributed by atoms with Crippen molar-refractivity contribution in [1.82, 2.24) is 14.8 Å². The van der Waals surface area contributed by atoms with Crippen LogP contribution in [0.25, 0.3) is 0 Å². The smallest absolute Gasteiger partial charge is 0.380 e. The normalized spacial score (nSPS) is 24.5. The van der Waals surface area contributed by atoms with Crippen LogP contribution in [-0.2, 0) is 11.8 Å². The van der Waals surface area contributed by atoms with Gasteiger partial charge in [-0.05, 0) is 31.2 Å². The Morgan fingerprint density at radius 2 is 1.89 bits per heavy atom. The third-order valence-electron chi connectivity index (χ3n) is 7.44. The van der Waals surface area contributed by atoms with Crippen LogP contribution in [-0.4, -0.2) is 57.2 Å². The molecule has 186 valence electrons. The predicted molar refractivity (Wildman–Crippen MR) is 121 cm³/mol. The SMILES string of the molecule is Cn1nc(Nc2cc(N3CC[C@@](C#N)(C4CC4)C3=O)ccn2)cc1N1CCC(O)(C(F)(F)F)CC1. The summed E-state index contributed by atoms with van der Waals surface area (Å²) in [6.07, 6.45) is -1.58. The highest BCUT2D eigenvalue weighted by Crippen LogP contribution is 2.52. The number of rotatable bonds is 5. The number of halogens is 3. The van der Waals surface area contributed by atoms with E-state index >= 15 is 0 Å². The van der Waals surface area contributed by atoms with Crippen LogP contribution >= 0.6 is 0 Å². The molecular weight excluding hydrogens is 463 g/mol. The Morgan fingerprint density at radius 1 is 1.17 bits per heavy atom. The molecular formula is C23H26F3N7O2. The number of anilines is 4. The molecule has 5 rings (SSSR count). The molecule has 35 heavy (non-hydrogen) atoms. The fourth-order valence-corrected chi connectivity index (χ4v) is 5.12. The van der Waals surface area contributed by atoms with Gasteiger partial charge in [-0.1, -0.05) is 0 Å². The van der Waals surface area contributed by atoms with Crippen molar-refractivity contribution in [3.05, 3.63) is 24.4 Å². The van der Waals surface area contributed by atoms with Crippen LogP contribution in [0, 0.1) is 22.7 Å². The van der Waals surface area contributed by atoms with Crippen LogP contribution in [0.2, 0.25) is 0 Å². The summed E-state index contributed by atoms with van der Waals surface area (Å²) in [5.74, 6) is 1.49. The fourth-order valence-electron chi connectivity index (χ4n) is 5.12. The molecule has 0 bridgehead atoms. The van der Waals surface area contributed by atoms with E-state index < -0.39 is 30.0 Å². The van der Waals surface area contributed by atoms with Crippen molar-refractivity contribution in [3.8, 4) is 6.07 Å². The second-order valence-electron chi connectivity index (χ2n) is 9.62. The monoisotopic (exact) mass is 489 g/mol. The summed E-state index contributed by atoms with van der Waals surface area (Å²) >= 11 is 0. The molecule has 2 aromatic rings. The minimum Gasteiger partial charge on any atom is -0.380 e. The highest BCUT2D eigenvalue weighted by atomic mass is 19.4. The lowest BCUT2D eigenvalue weighted by Gasteiger charge is -2.39. The van der Waals surface area contributed by atoms with E-state index in [4.69, 9.17) is 0 Å². The number of hydrogen-bond acceptors (Lipinski definition) is 7. The maximum atomic E-state index is 13.1. The molecule has 2 saturated heterocycles. The van der Waals surface area contributed by atoms with E-state index in [-0.39, 0.29) is 24.9 Å². The summed E-state index contributed by atoms with van der Waals surface area (Å²) in [6.45, 7) is 0.558. The van der Waals surface area contributed by atoms with Crippen LogP contribution in [0.3, 0.4) is 0 Å². The van der Waals surface area contributed by atoms with E-state index in [1.807, 2.05) is 0 Å². The number of carbonyl (C=O) groups excluding carboxylic acids is 1. The van der Waals surface area contributed by atoms with Crippen molar-refractivity contribution >= 4 is 29.0 Å². The van der Waals surface area contributed by atoms with Gasteiger partial charge < -0.3 is 20.2 Å². The summed E-state index contributed by atoms with van der Waals surface area (Å²) in [6, 6.07) is 7.43. The van der Waals surface area contributed by atoms with Crippen molar-refractivity contribution < 1.29 is 23.1 Å². The van der Waals surface area contributed by atoms with E-state index in [0.29, 0.717) is 36.1 Å². The number of pyridine rings is 1. The molecule has 0 aromatic carbocycles. The Bertz CT molecular complexity index is 1180. The molecule has 2 aromatic heterocycles. The van der Waals surface area contributed by atoms with Gasteiger partial charge in [0.2, 0.25) is 5.91 Å². The largest absolute Gasteiger partial charge is 0.417 e. The zero-order chi connectivity index (χ0) is 25.0. The van der Waals surface area contributed by atoms with Crippen LogP contribution in [0.5, 0.6) is 0 Å². The number of nitrogens with one attached hydrogen (secondary N) is 1.